The molecule has 0 radical (unpaired) electrons. The van der Waals surface area contributed by atoms with Crippen LogP contribution in [0.15, 0.2) is 121 Å². The van der Waals surface area contributed by atoms with Crippen molar-refractivity contribution in [3.63, 3.8) is 0 Å². The van der Waals surface area contributed by atoms with Gasteiger partial charge >= 0.3 is 0 Å². The second-order valence-corrected chi connectivity index (χ2v) is 56.5. The molecule has 0 N–H and O–H groups in total. The van der Waals surface area contributed by atoms with Crippen LogP contribution in [0.25, 0.3) is 78.0 Å². The third-order valence-corrected chi connectivity index (χ3v) is 70.9. The zero-order valence-corrected chi connectivity index (χ0v) is 47.7. The maximum Gasteiger partial charge on any atom is 0.0844 e. The Kier molecular flexibility index (Phi) is 12.5. The van der Waals surface area contributed by atoms with Crippen molar-refractivity contribution < 1.29 is 0 Å². The molecule has 0 saturated heterocycles. The highest BCUT2D eigenvalue weighted by atomic mass is 32.1. The first-order valence-corrected chi connectivity index (χ1v) is 40.5. The van der Waals surface area contributed by atoms with Gasteiger partial charge in [0.25, 0.3) is 0 Å². The number of hydrogen-bond donors (Lipinski definition) is 0. The lowest BCUT2D eigenvalue weighted by Gasteiger charge is -2.47. The molecule has 0 aliphatic rings. The molecule has 10 rings (SSSR count). The Morgan fingerprint density at radius 2 is 0.444 bits per heavy atom. The van der Waals surface area contributed by atoms with Gasteiger partial charge in [-0.15, -0.1) is 113 Å². The molecule has 0 aliphatic carbocycles. The summed E-state index contributed by atoms with van der Waals surface area (Å²) in [6, 6.07) is 47.0. The number of aryl methyl sites for hydroxylation is 2. The number of thiophene rings is 10. The Morgan fingerprint density at radius 1 is 0.254 bits per heavy atom. The highest BCUT2D eigenvalue weighted by molar-refractivity contribution is 7.76. The Morgan fingerprint density at radius 3 is 0.667 bits per heavy atom. The first kappa shape index (κ1) is 44.5. The van der Waals surface area contributed by atoms with Crippen molar-refractivity contribution in [2.24, 2.45) is 0 Å². The molecular formula is C50H48S10Si3. The summed E-state index contributed by atoms with van der Waals surface area (Å²) in [5.74, 6) is 0. The van der Waals surface area contributed by atoms with E-state index in [9.17, 15) is 0 Å². The lowest BCUT2D eigenvalue weighted by molar-refractivity contribution is 1.19. The van der Waals surface area contributed by atoms with Gasteiger partial charge in [0.1, 0.15) is 0 Å². The predicted octanol–water partition coefficient (Wildman–Crippen LogP) is 19.2. The standard InChI is InChI=1S/C50H48S10Si3/c1-9-31-11-13-33(51-31)35-15-17-37(53-35)39-19-21-41(55-39)43-23-25-45(57-43)47-27-29-49(59-47)61(3,4)63(7,8)62(5,6)50-30-28-48(60-50)46-26-24-44(58-46)42-22-20-40(56-42)38-18-16-36(54-38)34-14-12-32(10-2)52-34/h11-30H,9-10H2,1-8H3. The molecule has 0 aromatic carbocycles. The summed E-state index contributed by atoms with van der Waals surface area (Å²) in [7, 11) is -5.23. The molecular weight excluding hydrogens is 1010 g/mol. The van der Waals surface area contributed by atoms with Gasteiger partial charge in [-0.3, -0.25) is 0 Å². The lowest BCUT2D eigenvalue weighted by atomic mass is 10.3. The lowest BCUT2D eigenvalue weighted by Crippen LogP contribution is -2.77. The van der Waals surface area contributed by atoms with E-state index in [1.165, 1.54) is 87.8 Å². The van der Waals surface area contributed by atoms with E-state index in [0.717, 1.165) is 12.8 Å². The fourth-order valence-corrected chi connectivity index (χ4v) is 57.2. The quantitative estimate of drug-likeness (QED) is 0.0952. The smallest absolute Gasteiger partial charge is 0.0844 e. The van der Waals surface area contributed by atoms with Crippen molar-refractivity contribution in [3.8, 4) is 78.0 Å². The van der Waals surface area contributed by atoms with Crippen LogP contribution in [0.2, 0.25) is 39.3 Å². The molecule has 13 heteroatoms. The van der Waals surface area contributed by atoms with E-state index in [-0.39, 0.29) is 0 Å². The van der Waals surface area contributed by atoms with Crippen LogP contribution in [0, 0.1) is 0 Å². The van der Waals surface area contributed by atoms with Crippen LogP contribution in [-0.2, 0) is 12.8 Å². The minimum Gasteiger partial charge on any atom is -0.144 e. The third-order valence-electron chi connectivity index (χ3n) is 13.2. The molecule has 0 aliphatic heterocycles. The van der Waals surface area contributed by atoms with Gasteiger partial charge in [-0.05, 0) is 131 Å². The zero-order valence-electron chi connectivity index (χ0n) is 36.5. The summed E-state index contributed by atoms with van der Waals surface area (Å²) in [6.45, 7) is 20.8. The molecule has 0 unspecified atom stereocenters. The summed E-state index contributed by atoms with van der Waals surface area (Å²) in [5.41, 5.74) is 0. The molecule has 0 spiro atoms. The topological polar surface area (TPSA) is 0 Å². The highest BCUT2D eigenvalue weighted by Crippen LogP contribution is 2.47. The van der Waals surface area contributed by atoms with Crippen molar-refractivity contribution in [1.29, 1.82) is 0 Å². The summed E-state index contributed by atoms with van der Waals surface area (Å²) in [5, 5.41) is 0. The van der Waals surface area contributed by atoms with Crippen LogP contribution >= 0.6 is 113 Å². The van der Waals surface area contributed by atoms with Gasteiger partial charge in [0.15, 0.2) is 0 Å². The first-order valence-electron chi connectivity index (χ1n) is 21.3. The van der Waals surface area contributed by atoms with Crippen molar-refractivity contribution in [2.75, 3.05) is 0 Å². The fourth-order valence-electron chi connectivity index (χ4n) is 8.03. The molecule has 10 aromatic rings. The Balaban J connectivity index is 0.821. The van der Waals surface area contributed by atoms with Crippen LogP contribution in [0.1, 0.15) is 23.6 Å². The van der Waals surface area contributed by atoms with Crippen molar-refractivity contribution in [2.45, 2.75) is 66.0 Å². The molecule has 63 heavy (non-hydrogen) atoms. The highest BCUT2D eigenvalue weighted by Gasteiger charge is 2.55. The molecule has 0 nitrogen and oxygen atoms in total. The van der Waals surface area contributed by atoms with Crippen LogP contribution in [0.5, 0.6) is 0 Å². The molecule has 0 amide bonds. The van der Waals surface area contributed by atoms with E-state index < -0.39 is 22.3 Å². The van der Waals surface area contributed by atoms with Gasteiger partial charge in [0, 0.05) is 94.9 Å². The van der Waals surface area contributed by atoms with Gasteiger partial charge < -0.3 is 0 Å². The average Bonchev–Trinajstić information content (AvgIpc) is 4.13. The minimum atomic E-state index is -1.77. The monoisotopic (exact) mass is 1050 g/mol. The predicted molar refractivity (Wildman–Crippen MR) is 306 cm³/mol. The van der Waals surface area contributed by atoms with Crippen LogP contribution in [0.4, 0.5) is 0 Å². The van der Waals surface area contributed by atoms with E-state index in [1.54, 1.807) is 9.00 Å². The molecule has 0 bridgehead atoms. The van der Waals surface area contributed by atoms with E-state index in [4.69, 9.17) is 0 Å². The van der Waals surface area contributed by atoms with E-state index in [2.05, 4.69) is 197 Å². The number of hydrogen-bond acceptors (Lipinski definition) is 10. The van der Waals surface area contributed by atoms with Crippen LogP contribution < -0.4 is 9.00 Å². The summed E-state index contributed by atoms with van der Waals surface area (Å²) in [4.78, 5) is 25.0. The first-order chi connectivity index (χ1) is 30.3. The third kappa shape index (κ3) is 8.40. The molecule has 0 atom stereocenters. The van der Waals surface area contributed by atoms with Gasteiger partial charge in [-0.25, -0.2) is 0 Å². The van der Waals surface area contributed by atoms with E-state index >= 15 is 0 Å². The van der Waals surface area contributed by atoms with Crippen molar-refractivity contribution in [1.82, 2.24) is 0 Å². The molecule has 0 fully saturated rings. The molecule has 10 heterocycles. The molecule has 10 aromatic heterocycles. The Hall–Kier alpha value is -2.35. The van der Waals surface area contributed by atoms with Crippen molar-refractivity contribution in [3.05, 3.63) is 131 Å². The number of rotatable bonds is 14. The summed E-state index contributed by atoms with van der Waals surface area (Å²) < 4.78 is 3.36. The summed E-state index contributed by atoms with van der Waals surface area (Å²) in [6.07, 6.45) is 2.21. The normalized spacial score (nSPS) is 12.6. The molecule has 320 valence electrons. The van der Waals surface area contributed by atoms with Crippen molar-refractivity contribution >= 4 is 145 Å². The van der Waals surface area contributed by atoms with Crippen LogP contribution in [0.3, 0.4) is 0 Å². The largest absolute Gasteiger partial charge is 0.144 e. The molecule has 0 saturated carbocycles. The average molecular weight is 1050 g/mol. The fraction of sp³-hybridized carbons (Fsp3) is 0.200. The second kappa shape index (κ2) is 17.7. The Labute approximate surface area is 415 Å². The minimum absolute atomic E-state index is 1.10. The second-order valence-electron chi connectivity index (χ2n) is 17.4. The van der Waals surface area contributed by atoms with E-state index in [0.29, 0.717) is 0 Å². The van der Waals surface area contributed by atoms with E-state index in [1.807, 2.05) is 90.7 Å². The summed E-state index contributed by atoms with van der Waals surface area (Å²) >= 11 is 19.6. The van der Waals surface area contributed by atoms with Crippen LogP contribution in [-0.4, -0.2) is 22.3 Å². The van der Waals surface area contributed by atoms with Gasteiger partial charge in [0.05, 0.1) is 15.2 Å². The van der Waals surface area contributed by atoms with Gasteiger partial charge in [-0.1, -0.05) is 65.3 Å². The zero-order chi connectivity index (χ0) is 43.7. The SMILES string of the molecule is CCc1ccc(-c2ccc(-c3ccc(-c4ccc(-c5ccc([Si](C)(C)[Si](C)(C)[Si](C)(C)c6ccc(-c7ccc(-c8ccc(-c9ccc(-c%10ccc(CC)s%10)s9)s8)s7)s6)s5)s4)s3)s2)s1. The van der Waals surface area contributed by atoms with Gasteiger partial charge in [0.2, 0.25) is 0 Å². The Bertz CT molecular complexity index is 2960. The maximum atomic E-state index is 2.75. The van der Waals surface area contributed by atoms with Gasteiger partial charge in [-0.2, -0.15) is 0 Å². The maximum absolute atomic E-state index is 2.75.